The summed E-state index contributed by atoms with van der Waals surface area (Å²) in [5.74, 6) is 0.0269. The molecule has 0 radical (unpaired) electrons. The standard InChI is InChI=1S/C25H22BrN3O/c26-23-12-10-21(11-13-23)24(20-4-2-1-3-5-20)28-14-16-29(17-15-28)25(30)22-8-6-19(18-27)7-9-22/h1-13,24H,14-17H2/t24-/m0/s1. The van der Waals surface area contributed by atoms with Gasteiger partial charge in [0.2, 0.25) is 0 Å². The first-order valence-electron chi connectivity index (χ1n) is 9.99. The van der Waals surface area contributed by atoms with Gasteiger partial charge in [-0.3, -0.25) is 9.69 Å². The molecular formula is C25H22BrN3O. The first kappa shape index (κ1) is 20.3. The molecule has 1 atom stereocenters. The molecule has 1 aliphatic rings. The fraction of sp³-hybridized carbons (Fsp3) is 0.200. The molecule has 30 heavy (non-hydrogen) atoms. The number of piperazine rings is 1. The summed E-state index contributed by atoms with van der Waals surface area (Å²) in [6, 6.07) is 28.1. The molecule has 0 unspecified atom stereocenters. The summed E-state index contributed by atoms with van der Waals surface area (Å²) in [6.45, 7) is 2.96. The summed E-state index contributed by atoms with van der Waals surface area (Å²) >= 11 is 3.53. The summed E-state index contributed by atoms with van der Waals surface area (Å²) in [4.78, 5) is 17.2. The summed E-state index contributed by atoms with van der Waals surface area (Å²) in [5.41, 5.74) is 3.70. The zero-order valence-corrected chi connectivity index (χ0v) is 18.1. The zero-order valence-electron chi connectivity index (χ0n) is 16.5. The summed E-state index contributed by atoms with van der Waals surface area (Å²) in [7, 11) is 0. The smallest absolute Gasteiger partial charge is 0.253 e. The maximum absolute atomic E-state index is 12.9. The Morgan fingerprint density at radius 3 is 2.03 bits per heavy atom. The van der Waals surface area contributed by atoms with Gasteiger partial charge in [0.1, 0.15) is 0 Å². The van der Waals surface area contributed by atoms with Crippen LogP contribution in [0, 0.1) is 11.3 Å². The highest BCUT2D eigenvalue weighted by atomic mass is 79.9. The normalized spacial score (nSPS) is 15.4. The Kier molecular flexibility index (Phi) is 6.27. The maximum atomic E-state index is 12.9. The van der Waals surface area contributed by atoms with Crippen LogP contribution in [-0.2, 0) is 0 Å². The minimum absolute atomic E-state index is 0.0269. The minimum Gasteiger partial charge on any atom is -0.336 e. The number of carbonyl (C=O) groups is 1. The molecule has 1 heterocycles. The lowest BCUT2D eigenvalue weighted by molar-refractivity contribution is 0.0597. The highest BCUT2D eigenvalue weighted by Crippen LogP contribution is 2.30. The lowest BCUT2D eigenvalue weighted by Gasteiger charge is -2.39. The van der Waals surface area contributed by atoms with Crippen LogP contribution in [0.5, 0.6) is 0 Å². The molecule has 0 N–H and O–H groups in total. The molecule has 0 spiro atoms. The van der Waals surface area contributed by atoms with Crippen molar-refractivity contribution in [3.8, 4) is 6.07 Å². The van der Waals surface area contributed by atoms with Gasteiger partial charge >= 0.3 is 0 Å². The van der Waals surface area contributed by atoms with Gasteiger partial charge in [-0.25, -0.2) is 0 Å². The molecule has 3 aromatic rings. The maximum Gasteiger partial charge on any atom is 0.253 e. The first-order valence-corrected chi connectivity index (χ1v) is 10.8. The third kappa shape index (κ3) is 4.46. The molecular weight excluding hydrogens is 438 g/mol. The number of nitriles is 1. The molecule has 150 valence electrons. The lowest BCUT2D eigenvalue weighted by atomic mass is 9.96. The van der Waals surface area contributed by atoms with Crippen molar-refractivity contribution in [2.75, 3.05) is 26.2 Å². The van der Waals surface area contributed by atoms with Crippen molar-refractivity contribution >= 4 is 21.8 Å². The van der Waals surface area contributed by atoms with Crippen LogP contribution in [0.1, 0.15) is 33.1 Å². The van der Waals surface area contributed by atoms with E-state index in [1.807, 2.05) is 11.0 Å². The van der Waals surface area contributed by atoms with E-state index in [1.54, 1.807) is 24.3 Å². The number of amides is 1. The average molecular weight is 460 g/mol. The van der Waals surface area contributed by atoms with Crippen LogP contribution in [0.3, 0.4) is 0 Å². The van der Waals surface area contributed by atoms with E-state index in [-0.39, 0.29) is 11.9 Å². The lowest BCUT2D eigenvalue weighted by Crippen LogP contribution is -2.49. The van der Waals surface area contributed by atoms with Crippen LogP contribution in [0.15, 0.2) is 83.3 Å². The Hall–Kier alpha value is -2.94. The van der Waals surface area contributed by atoms with Crippen LogP contribution < -0.4 is 0 Å². The van der Waals surface area contributed by atoms with E-state index in [2.05, 4.69) is 75.4 Å². The van der Waals surface area contributed by atoms with Crippen molar-refractivity contribution in [1.29, 1.82) is 5.26 Å². The number of halogens is 1. The van der Waals surface area contributed by atoms with Crippen molar-refractivity contribution in [1.82, 2.24) is 9.80 Å². The number of hydrogen-bond donors (Lipinski definition) is 0. The SMILES string of the molecule is N#Cc1ccc(C(=O)N2CCN([C@@H](c3ccccc3)c3ccc(Br)cc3)CC2)cc1. The predicted octanol–water partition coefficient (Wildman–Crippen LogP) is 4.87. The van der Waals surface area contributed by atoms with Gasteiger partial charge in [0.05, 0.1) is 17.7 Å². The Bertz CT molecular complexity index is 1030. The second-order valence-corrected chi connectivity index (χ2v) is 8.30. The molecule has 4 rings (SSSR count). The van der Waals surface area contributed by atoms with Gasteiger partial charge in [-0.1, -0.05) is 58.4 Å². The molecule has 3 aromatic carbocycles. The second-order valence-electron chi connectivity index (χ2n) is 7.38. The highest BCUT2D eigenvalue weighted by Gasteiger charge is 2.28. The van der Waals surface area contributed by atoms with E-state index >= 15 is 0 Å². The van der Waals surface area contributed by atoms with E-state index in [0.29, 0.717) is 24.2 Å². The van der Waals surface area contributed by atoms with E-state index in [0.717, 1.165) is 17.6 Å². The van der Waals surface area contributed by atoms with Gasteiger partial charge in [-0.2, -0.15) is 5.26 Å². The van der Waals surface area contributed by atoms with E-state index < -0.39 is 0 Å². The Labute approximate surface area is 185 Å². The average Bonchev–Trinajstić information content (AvgIpc) is 2.81. The van der Waals surface area contributed by atoms with Gasteiger partial charge in [-0.15, -0.1) is 0 Å². The topological polar surface area (TPSA) is 47.3 Å². The summed E-state index contributed by atoms with van der Waals surface area (Å²) in [6.07, 6.45) is 0. The Morgan fingerprint density at radius 1 is 0.833 bits per heavy atom. The molecule has 0 bridgehead atoms. The largest absolute Gasteiger partial charge is 0.336 e. The van der Waals surface area contributed by atoms with Gasteiger partial charge in [0.25, 0.3) is 5.91 Å². The van der Waals surface area contributed by atoms with Crippen molar-refractivity contribution in [2.24, 2.45) is 0 Å². The van der Waals surface area contributed by atoms with Gasteiger partial charge in [-0.05, 0) is 47.5 Å². The highest BCUT2D eigenvalue weighted by molar-refractivity contribution is 9.10. The molecule has 1 saturated heterocycles. The van der Waals surface area contributed by atoms with Crippen LogP contribution in [0.4, 0.5) is 0 Å². The molecule has 0 saturated carbocycles. The van der Waals surface area contributed by atoms with Gasteiger partial charge in [0.15, 0.2) is 0 Å². The number of hydrogen-bond acceptors (Lipinski definition) is 3. The van der Waals surface area contributed by atoms with Crippen LogP contribution in [0.2, 0.25) is 0 Å². The Balaban J connectivity index is 1.50. The molecule has 0 aliphatic carbocycles. The molecule has 1 amide bonds. The number of benzene rings is 3. The van der Waals surface area contributed by atoms with E-state index in [1.165, 1.54) is 11.1 Å². The predicted molar refractivity (Wildman–Crippen MR) is 121 cm³/mol. The van der Waals surface area contributed by atoms with Crippen molar-refractivity contribution in [3.63, 3.8) is 0 Å². The molecule has 0 aromatic heterocycles. The third-order valence-electron chi connectivity index (χ3n) is 5.53. The number of rotatable bonds is 4. The fourth-order valence-electron chi connectivity index (χ4n) is 3.95. The van der Waals surface area contributed by atoms with Gasteiger partial charge in [0, 0.05) is 36.2 Å². The minimum atomic E-state index is 0.0269. The van der Waals surface area contributed by atoms with E-state index in [9.17, 15) is 4.79 Å². The molecule has 1 fully saturated rings. The molecule has 1 aliphatic heterocycles. The molecule has 4 nitrogen and oxygen atoms in total. The van der Waals surface area contributed by atoms with Crippen LogP contribution in [-0.4, -0.2) is 41.9 Å². The number of nitrogens with zero attached hydrogens (tertiary/aromatic N) is 3. The van der Waals surface area contributed by atoms with Gasteiger partial charge < -0.3 is 4.90 Å². The zero-order chi connectivity index (χ0) is 20.9. The summed E-state index contributed by atoms with van der Waals surface area (Å²) < 4.78 is 1.07. The Morgan fingerprint density at radius 2 is 1.43 bits per heavy atom. The third-order valence-corrected chi connectivity index (χ3v) is 6.06. The van der Waals surface area contributed by atoms with Crippen molar-refractivity contribution in [3.05, 3.63) is 106 Å². The van der Waals surface area contributed by atoms with E-state index in [4.69, 9.17) is 5.26 Å². The second kappa shape index (κ2) is 9.25. The van der Waals surface area contributed by atoms with Crippen LogP contribution in [0.25, 0.3) is 0 Å². The summed E-state index contributed by atoms with van der Waals surface area (Å²) in [5, 5.41) is 8.95. The molecule has 5 heteroatoms. The van der Waals surface area contributed by atoms with Crippen molar-refractivity contribution in [2.45, 2.75) is 6.04 Å². The first-order chi connectivity index (χ1) is 14.7. The fourth-order valence-corrected chi connectivity index (χ4v) is 4.21. The number of carbonyl (C=O) groups excluding carboxylic acids is 1. The van der Waals surface area contributed by atoms with Crippen molar-refractivity contribution < 1.29 is 4.79 Å². The monoisotopic (exact) mass is 459 g/mol. The quantitative estimate of drug-likeness (QED) is 0.558. The van der Waals surface area contributed by atoms with Crippen LogP contribution >= 0.6 is 15.9 Å².